The Labute approximate surface area is 353 Å². The lowest BCUT2D eigenvalue weighted by molar-refractivity contribution is -0.870. The van der Waals surface area contributed by atoms with E-state index in [0.29, 0.717) is 23.9 Å². The van der Waals surface area contributed by atoms with Crippen molar-refractivity contribution < 1.29 is 42.1 Å². The smallest absolute Gasteiger partial charge is 0.462 e. The van der Waals surface area contributed by atoms with Crippen molar-refractivity contribution >= 4 is 19.8 Å². The molecule has 2 atom stereocenters. The van der Waals surface area contributed by atoms with Crippen molar-refractivity contribution in [2.75, 3.05) is 47.5 Å². The molecular weight excluding hydrogens is 750 g/mol. The van der Waals surface area contributed by atoms with Crippen molar-refractivity contribution in [3.8, 4) is 0 Å². The molecule has 0 rings (SSSR count). The zero-order chi connectivity index (χ0) is 42.8. The van der Waals surface area contributed by atoms with E-state index in [1.807, 2.05) is 27.2 Å². The van der Waals surface area contributed by atoms with Crippen LogP contribution in [0.5, 0.6) is 0 Å². The number of phosphoric acid groups is 1. The number of esters is 2. The molecule has 0 saturated carbocycles. The zero-order valence-electron chi connectivity index (χ0n) is 37.0. The summed E-state index contributed by atoms with van der Waals surface area (Å²) in [4.78, 5) is 35.4. The predicted octanol–water partition coefficient (Wildman–Crippen LogP) is 12.6. The summed E-state index contributed by atoms with van der Waals surface area (Å²) >= 11 is 0. The molecule has 0 amide bonds. The van der Waals surface area contributed by atoms with Crippen LogP contribution in [0.2, 0.25) is 0 Å². The third kappa shape index (κ3) is 42.5. The van der Waals surface area contributed by atoms with Crippen LogP contribution in [0, 0.1) is 0 Å². The Morgan fingerprint density at radius 1 is 0.552 bits per heavy atom. The average molecular weight is 831 g/mol. The van der Waals surface area contributed by atoms with E-state index in [-0.39, 0.29) is 26.1 Å². The van der Waals surface area contributed by atoms with Gasteiger partial charge in [0.15, 0.2) is 6.10 Å². The van der Waals surface area contributed by atoms with Gasteiger partial charge in [0.25, 0.3) is 0 Å². The summed E-state index contributed by atoms with van der Waals surface area (Å²) in [5.74, 6) is -0.903. The number of phosphoric ester groups is 1. The Kier molecular flexibility index (Phi) is 37.3. The molecule has 0 radical (unpaired) electrons. The highest BCUT2D eigenvalue weighted by molar-refractivity contribution is 7.47. The van der Waals surface area contributed by atoms with E-state index in [4.69, 9.17) is 18.5 Å². The van der Waals surface area contributed by atoms with Gasteiger partial charge >= 0.3 is 19.8 Å². The summed E-state index contributed by atoms with van der Waals surface area (Å²) in [7, 11) is 1.41. The number of rotatable bonds is 38. The maximum absolute atomic E-state index is 12.7. The SMILES string of the molecule is CC/C=C/C/C=C/C/C=C/C/C=C/C/C=C/CCCC(=O)OC[C@H](COP(=O)(O)OCC[N+](C)(C)C)OC(=O)CCCCCC/C=C/C/C=C/C/C=C/CCCCC. The number of carbonyl (C=O) groups is 2. The second-order valence-corrected chi connectivity index (χ2v) is 16.8. The molecule has 0 aromatic heterocycles. The average Bonchev–Trinajstić information content (AvgIpc) is 3.17. The molecule has 0 spiro atoms. The van der Waals surface area contributed by atoms with E-state index in [0.717, 1.165) is 77.0 Å². The Bertz CT molecular complexity index is 1300. The number of hydrogen-bond acceptors (Lipinski definition) is 7. The van der Waals surface area contributed by atoms with Crippen LogP contribution >= 0.6 is 7.82 Å². The van der Waals surface area contributed by atoms with Gasteiger partial charge in [-0.3, -0.25) is 18.6 Å². The highest BCUT2D eigenvalue weighted by Gasteiger charge is 2.27. The molecular formula is C48H81NO8P+. The molecule has 1 N–H and O–H groups in total. The molecule has 0 aliphatic carbocycles. The van der Waals surface area contributed by atoms with Gasteiger partial charge in [-0.2, -0.15) is 0 Å². The van der Waals surface area contributed by atoms with Gasteiger partial charge < -0.3 is 18.9 Å². The first kappa shape index (κ1) is 54.9. The molecule has 0 heterocycles. The van der Waals surface area contributed by atoms with Gasteiger partial charge in [0.1, 0.15) is 19.8 Å². The Balaban J connectivity index is 4.53. The van der Waals surface area contributed by atoms with E-state index in [9.17, 15) is 19.0 Å². The molecule has 9 nitrogen and oxygen atoms in total. The first-order valence-corrected chi connectivity index (χ1v) is 23.5. The number of ether oxygens (including phenoxy) is 2. The molecule has 0 fully saturated rings. The number of unbranched alkanes of at least 4 members (excludes halogenated alkanes) is 8. The fraction of sp³-hybridized carbons (Fsp3) is 0.625. The molecule has 0 aromatic rings. The third-order valence-electron chi connectivity index (χ3n) is 8.60. The number of likely N-dealkylation sites (N-methyl/N-ethyl adjacent to an activating group) is 1. The Hall–Kier alpha value is -3.07. The summed E-state index contributed by atoms with van der Waals surface area (Å²) in [6.07, 6.45) is 51.7. The van der Waals surface area contributed by atoms with Gasteiger partial charge in [-0.25, -0.2) is 4.57 Å². The number of hydrogen-bond donors (Lipinski definition) is 1. The Morgan fingerprint density at radius 3 is 1.50 bits per heavy atom. The number of carbonyl (C=O) groups excluding carboxylic acids is 2. The first-order valence-electron chi connectivity index (χ1n) is 22.0. The normalized spacial score (nSPS) is 14.5. The van der Waals surface area contributed by atoms with Crippen molar-refractivity contribution in [1.29, 1.82) is 0 Å². The maximum atomic E-state index is 12.7. The van der Waals surface area contributed by atoms with Crippen LogP contribution in [0.15, 0.2) is 97.2 Å². The van der Waals surface area contributed by atoms with Crippen molar-refractivity contribution in [3.05, 3.63) is 97.2 Å². The third-order valence-corrected chi connectivity index (χ3v) is 9.58. The van der Waals surface area contributed by atoms with Gasteiger partial charge in [-0.15, -0.1) is 0 Å². The van der Waals surface area contributed by atoms with E-state index in [2.05, 4.69) is 105 Å². The predicted molar refractivity (Wildman–Crippen MR) is 242 cm³/mol. The summed E-state index contributed by atoms with van der Waals surface area (Å²) < 4.78 is 34.2. The summed E-state index contributed by atoms with van der Waals surface area (Å²) in [6.45, 7) is 4.16. The highest BCUT2D eigenvalue weighted by atomic mass is 31.2. The minimum atomic E-state index is -4.40. The molecule has 1 unspecified atom stereocenters. The van der Waals surface area contributed by atoms with E-state index >= 15 is 0 Å². The lowest BCUT2D eigenvalue weighted by Gasteiger charge is -2.24. The second-order valence-electron chi connectivity index (χ2n) is 15.3. The van der Waals surface area contributed by atoms with Crippen molar-refractivity contribution in [2.45, 2.75) is 148 Å². The lowest BCUT2D eigenvalue weighted by atomic mass is 10.1. The minimum absolute atomic E-state index is 0.0125. The molecule has 0 saturated heterocycles. The molecule has 10 heteroatoms. The molecule has 330 valence electrons. The fourth-order valence-electron chi connectivity index (χ4n) is 5.17. The van der Waals surface area contributed by atoms with Gasteiger partial charge in [0.2, 0.25) is 0 Å². The monoisotopic (exact) mass is 831 g/mol. The van der Waals surface area contributed by atoms with E-state index in [1.165, 1.54) is 25.7 Å². The summed E-state index contributed by atoms with van der Waals surface area (Å²) in [5.41, 5.74) is 0. The minimum Gasteiger partial charge on any atom is -0.462 e. The van der Waals surface area contributed by atoms with Crippen LogP contribution in [-0.4, -0.2) is 74.9 Å². The summed E-state index contributed by atoms with van der Waals surface area (Å²) in [6, 6.07) is 0. The lowest BCUT2D eigenvalue weighted by Crippen LogP contribution is -2.37. The molecule has 0 aliphatic rings. The van der Waals surface area contributed by atoms with Gasteiger partial charge in [0.05, 0.1) is 27.7 Å². The fourth-order valence-corrected chi connectivity index (χ4v) is 5.91. The van der Waals surface area contributed by atoms with Crippen LogP contribution in [0.25, 0.3) is 0 Å². The molecule has 0 aliphatic heterocycles. The van der Waals surface area contributed by atoms with Gasteiger partial charge in [0, 0.05) is 12.8 Å². The topological polar surface area (TPSA) is 108 Å². The maximum Gasteiger partial charge on any atom is 0.472 e. The van der Waals surface area contributed by atoms with Crippen molar-refractivity contribution in [1.82, 2.24) is 0 Å². The largest absolute Gasteiger partial charge is 0.472 e. The highest BCUT2D eigenvalue weighted by Crippen LogP contribution is 2.43. The van der Waals surface area contributed by atoms with Crippen molar-refractivity contribution in [3.63, 3.8) is 0 Å². The number of allylic oxidation sites excluding steroid dienone is 16. The Morgan fingerprint density at radius 2 is 1.00 bits per heavy atom. The molecule has 58 heavy (non-hydrogen) atoms. The standard InChI is InChI=1S/C48H80NO8P/c1-6-8-10-12-14-16-18-20-22-24-26-28-30-32-34-36-38-40-47(50)54-44-46(45-56-58(52,53)55-43-42-49(3,4)5)57-48(51)41-39-37-35-33-31-29-27-25-23-21-19-17-15-13-11-9-7-2/h8,10,14-17,20-23,26-29,32,34,46H,6-7,9,11-13,18-19,24-25,30-31,33,35-45H2,1-5H3/p+1/b10-8+,16-14+,17-15+,22-20+,23-21+,28-26+,29-27+,34-32+/t46-/m1/s1. The molecule has 0 aromatic carbocycles. The zero-order valence-corrected chi connectivity index (χ0v) is 37.9. The van der Waals surface area contributed by atoms with E-state index < -0.39 is 32.5 Å². The van der Waals surface area contributed by atoms with Crippen LogP contribution in [0.4, 0.5) is 0 Å². The van der Waals surface area contributed by atoms with Crippen LogP contribution in [0.3, 0.4) is 0 Å². The molecule has 0 bridgehead atoms. The van der Waals surface area contributed by atoms with Crippen LogP contribution < -0.4 is 0 Å². The van der Waals surface area contributed by atoms with Crippen molar-refractivity contribution in [2.24, 2.45) is 0 Å². The van der Waals surface area contributed by atoms with Crippen LogP contribution in [-0.2, 0) is 32.7 Å². The number of quaternary nitrogens is 1. The van der Waals surface area contributed by atoms with Gasteiger partial charge in [-0.05, 0) is 89.9 Å². The quantitative estimate of drug-likeness (QED) is 0.0215. The van der Waals surface area contributed by atoms with Crippen LogP contribution in [0.1, 0.15) is 142 Å². The number of nitrogens with zero attached hydrogens (tertiary/aromatic N) is 1. The van der Waals surface area contributed by atoms with E-state index in [1.54, 1.807) is 0 Å². The summed E-state index contributed by atoms with van der Waals surface area (Å²) in [5, 5.41) is 0. The van der Waals surface area contributed by atoms with Gasteiger partial charge in [-0.1, -0.05) is 137 Å². The second kappa shape index (κ2) is 39.4. The first-order chi connectivity index (χ1) is 28.0.